The molecule has 0 saturated carbocycles. The highest BCUT2D eigenvalue weighted by Gasteiger charge is 2.30. The second-order valence-electron chi connectivity index (χ2n) is 10.2. The second kappa shape index (κ2) is 10.3. The Bertz CT molecular complexity index is 1490. The van der Waals surface area contributed by atoms with E-state index < -0.39 is 16.0 Å². The fraction of sp³-hybridized carbons (Fsp3) is 0.194. The van der Waals surface area contributed by atoms with Crippen LogP contribution in [0.25, 0.3) is 0 Å². The largest absolute Gasteiger partial charge is 0.519 e. The number of hydrogen-bond acceptors (Lipinski definition) is 7. The molecular weight excluding hydrogens is 512 g/mol. The average Bonchev–Trinajstić information content (AvgIpc) is 3.57. The number of rotatable bonds is 6. The van der Waals surface area contributed by atoms with Gasteiger partial charge in [0.05, 0.1) is 9.85 Å². The van der Waals surface area contributed by atoms with Crippen LogP contribution in [0, 0.1) is 20.2 Å². The van der Waals surface area contributed by atoms with Gasteiger partial charge in [-0.3, -0.25) is 20.2 Å². The summed E-state index contributed by atoms with van der Waals surface area (Å²) in [4.78, 5) is 35.1. The van der Waals surface area contributed by atoms with Crippen molar-refractivity contribution >= 4 is 17.5 Å². The van der Waals surface area contributed by atoms with E-state index in [9.17, 15) is 25.0 Å². The number of carbonyl (C=O) groups is 1. The molecule has 0 fully saturated rings. The van der Waals surface area contributed by atoms with Gasteiger partial charge < -0.3 is 9.47 Å². The first kappa shape index (κ1) is 25.2. The van der Waals surface area contributed by atoms with E-state index >= 15 is 0 Å². The molecule has 0 amide bonds. The van der Waals surface area contributed by atoms with E-state index in [0.717, 1.165) is 22.3 Å². The number of ether oxygens (including phenoxy) is 2. The van der Waals surface area contributed by atoms with Crippen LogP contribution in [0.4, 0.5) is 16.2 Å². The molecule has 6 rings (SSSR count). The number of fused-ring (bicyclic) bond motifs is 2. The molecule has 0 aliphatic heterocycles. The standard InChI is InChI=1S/C31H24N2O7/c34-31(39-29-11-9-25(32(35)36)17-27(29)23-13-19-5-1-2-6-20(19)14-23)40-30-12-10-26(33(37)38)18-28(30)24-15-21-7-3-4-8-22(21)16-24/h1-12,17-18,23-24H,13-16H2. The smallest absolute Gasteiger partial charge is 0.394 e. The lowest BCUT2D eigenvalue weighted by atomic mass is 9.94. The summed E-state index contributed by atoms with van der Waals surface area (Å²) in [5.74, 6) is 0.161. The maximum absolute atomic E-state index is 13.1. The van der Waals surface area contributed by atoms with Crippen molar-refractivity contribution in [3.63, 3.8) is 0 Å². The fourth-order valence-electron chi connectivity index (χ4n) is 5.88. The first-order chi connectivity index (χ1) is 19.4. The third-order valence-corrected chi connectivity index (χ3v) is 7.78. The van der Waals surface area contributed by atoms with Crippen molar-refractivity contribution in [2.24, 2.45) is 0 Å². The van der Waals surface area contributed by atoms with Crippen molar-refractivity contribution in [3.05, 3.63) is 139 Å². The average molecular weight is 537 g/mol. The highest BCUT2D eigenvalue weighted by Crippen LogP contribution is 2.41. The van der Waals surface area contributed by atoms with Gasteiger partial charge in [0.15, 0.2) is 0 Å². The minimum absolute atomic E-state index is 0.0925. The lowest BCUT2D eigenvalue weighted by Gasteiger charge is -2.17. The summed E-state index contributed by atoms with van der Waals surface area (Å²) in [6.45, 7) is 0. The van der Waals surface area contributed by atoms with Crippen molar-refractivity contribution in [1.82, 2.24) is 0 Å². The van der Waals surface area contributed by atoms with Crippen LogP contribution in [0.2, 0.25) is 0 Å². The molecule has 0 N–H and O–H groups in total. The molecule has 2 aliphatic rings. The fourth-order valence-corrected chi connectivity index (χ4v) is 5.88. The Labute approximate surface area is 229 Å². The minimum atomic E-state index is -1.02. The van der Waals surface area contributed by atoms with Crippen molar-refractivity contribution in [3.8, 4) is 11.5 Å². The van der Waals surface area contributed by atoms with Crippen LogP contribution in [-0.4, -0.2) is 16.0 Å². The third-order valence-electron chi connectivity index (χ3n) is 7.78. The Morgan fingerprint density at radius 3 is 1.27 bits per heavy atom. The van der Waals surface area contributed by atoms with E-state index in [1.165, 1.54) is 36.4 Å². The van der Waals surface area contributed by atoms with Gasteiger partial charge in [0, 0.05) is 35.4 Å². The molecule has 4 aromatic rings. The number of benzene rings is 4. The van der Waals surface area contributed by atoms with Crippen molar-refractivity contribution in [1.29, 1.82) is 0 Å². The molecule has 0 unspecified atom stereocenters. The van der Waals surface area contributed by atoms with Crippen LogP contribution >= 0.6 is 0 Å². The summed E-state index contributed by atoms with van der Waals surface area (Å²) in [7, 11) is 0. The zero-order chi connectivity index (χ0) is 27.8. The Kier molecular flexibility index (Phi) is 6.47. The van der Waals surface area contributed by atoms with E-state index in [1.807, 2.05) is 48.5 Å². The zero-order valence-corrected chi connectivity index (χ0v) is 21.3. The van der Waals surface area contributed by atoms with E-state index in [4.69, 9.17) is 9.47 Å². The number of hydrogen-bond donors (Lipinski definition) is 0. The van der Waals surface area contributed by atoms with Crippen molar-refractivity contribution in [2.75, 3.05) is 0 Å². The van der Waals surface area contributed by atoms with E-state index in [1.54, 1.807) is 0 Å². The molecular formula is C31H24N2O7. The van der Waals surface area contributed by atoms with Gasteiger partial charge in [0.25, 0.3) is 11.4 Å². The number of nitro groups is 2. The van der Waals surface area contributed by atoms with Gasteiger partial charge in [-0.25, -0.2) is 4.79 Å². The maximum Gasteiger partial charge on any atom is 0.519 e. The Balaban J connectivity index is 1.27. The summed E-state index contributed by atoms with van der Waals surface area (Å²) in [5.41, 5.74) is 5.53. The molecule has 0 saturated heterocycles. The Hall–Kier alpha value is -5.05. The van der Waals surface area contributed by atoms with E-state index in [0.29, 0.717) is 36.8 Å². The highest BCUT2D eigenvalue weighted by molar-refractivity contribution is 5.69. The van der Waals surface area contributed by atoms with Crippen molar-refractivity contribution in [2.45, 2.75) is 37.5 Å². The van der Waals surface area contributed by atoms with Gasteiger partial charge in [0.1, 0.15) is 11.5 Å². The summed E-state index contributed by atoms with van der Waals surface area (Å²) < 4.78 is 11.3. The zero-order valence-electron chi connectivity index (χ0n) is 21.3. The van der Waals surface area contributed by atoms with Crippen LogP contribution in [0.1, 0.15) is 45.2 Å². The predicted molar refractivity (Wildman–Crippen MR) is 146 cm³/mol. The van der Waals surface area contributed by atoms with E-state index in [-0.39, 0.29) is 34.7 Å². The Morgan fingerprint density at radius 1 is 0.600 bits per heavy atom. The summed E-state index contributed by atoms with van der Waals surface area (Å²) >= 11 is 0. The van der Waals surface area contributed by atoms with Gasteiger partial charge in [-0.2, -0.15) is 0 Å². The quantitative estimate of drug-likeness (QED) is 0.114. The number of nitrogens with zero attached hydrogens (tertiary/aromatic N) is 2. The molecule has 200 valence electrons. The third kappa shape index (κ3) is 4.89. The normalized spacial score (nSPS) is 14.4. The van der Waals surface area contributed by atoms with Crippen LogP contribution in [-0.2, 0) is 25.7 Å². The molecule has 2 aliphatic carbocycles. The molecule has 0 aromatic heterocycles. The highest BCUT2D eigenvalue weighted by atomic mass is 16.7. The minimum Gasteiger partial charge on any atom is -0.394 e. The SMILES string of the molecule is O=C(Oc1ccc([N+](=O)[O-])cc1C1Cc2ccccc2C1)Oc1ccc([N+](=O)[O-])cc1C1Cc2ccccc2C1. The Morgan fingerprint density at radius 2 is 0.950 bits per heavy atom. The number of non-ortho nitro benzene ring substituents is 2. The van der Waals surface area contributed by atoms with E-state index in [2.05, 4.69) is 0 Å². The first-order valence-electron chi connectivity index (χ1n) is 13.0. The molecule has 9 heteroatoms. The van der Waals surface area contributed by atoms with Gasteiger partial charge in [-0.1, -0.05) is 48.5 Å². The molecule has 0 heterocycles. The van der Waals surface area contributed by atoms with Crippen LogP contribution in [0.3, 0.4) is 0 Å². The van der Waals surface area contributed by atoms with Gasteiger partial charge in [0.2, 0.25) is 0 Å². The molecule has 0 atom stereocenters. The van der Waals surface area contributed by atoms with Gasteiger partial charge in [-0.05, 0) is 71.9 Å². The molecule has 9 nitrogen and oxygen atoms in total. The lowest BCUT2D eigenvalue weighted by Crippen LogP contribution is -2.17. The van der Waals surface area contributed by atoms with Gasteiger partial charge in [-0.15, -0.1) is 0 Å². The molecule has 40 heavy (non-hydrogen) atoms. The summed E-state index contributed by atoms with van der Waals surface area (Å²) in [5, 5.41) is 23.0. The van der Waals surface area contributed by atoms with Gasteiger partial charge >= 0.3 is 6.16 Å². The summed E-state index contributed by atoms with van der Waals surface area (Å²) in [6, 6.07) is 24.2. The summed E-state index contributed by atoms with van der Waals surface area (Å²) in [6.07, 6.45) is 1.64. The number of carbonyl (C=O) groups excluding carboxylic acids is 1. The van der Waals surface area contributed by atoms with Crippen LogP contribution in [0.5, 0.6) is 11.5 Å². The molecule has 0 radical (unpaired) electrons. The van der Waals surface area contributed by atoms with Crippen molar-refractivity contribution < 1.29 is 24.1 Å². The molecule has 0 spiro atoms. The number of nitro benzene ring substituents is 2. The monoisotopic (exact) mass is 536 g/mol. The maximum atomic E-state index is 13.1. The first-order valence-corrected chi connectivity index (χ1v) is 13.0. The van der Waals surface area contributed by atoms with Crippen LogP contribution < -0.4 is 9.47 Å². The topological polar surface area (TPSA) is 122 Å². The second-order valence-corrected chi connectivity index (χ2v) is 10.2. The van der Waals surface area contributed by atoms with Crippen LogP contribution in [0.15, 0.2) is 84.9 Å². The molecule has 4 aromatic carbocycles. The predicted octanol–water partition coefficient (Wildman–Crippen LogP) is 6.85. The lowest BCUT2D eigenvalue weighted by molar-refractivity contribution is -0.385. The molecule has 0 bridgehead atoms.